The molecule has 0 heterocycles. The zero-order valence-electron chi connectivity index (χ0n) is 12.7. The zero-order chi connectivity index (χ0) is 16.4. The first kappa shape index (κ1) is 17.6. The molecule has 0 saturated carbocycles. The number of nitrogens with one attached hydrogen (secondary N) is 2. The maximum atomic E-state index is 11.5. The summed E-state index contributed by atoms with van der Waals surface area (Å²) in [7, 11) is 0. The lowest BCUT2D eigenvalue weighted by Gasteiger charge is -2.07. The van der Waals surface area contributed by atoms with Crippen LogP contribution in [0.3, 0.4) is 0 Å². The van der Waals surface area contributed by atoms with Crippen LogP contribution < -0.4 is 10.7 Å². The number of hydrogen-bond acceptors (Lipinski definition) is 5. The van der Waals surface area contributed by atoms with Crippen LogP contribution >= 0.6 is 0 Å². The average molecular weight is 307 g/mol. The van der Waals surface area contributed by atoms with Gasteiger partial charge in [-0.3, -0.25) is 9.59 Å². The van der Waals surface area contributed by atoms with Crippen molar-refractivity contribution < 1.29 is 19.4 Å². The molecule has 7 nitrogen and oxygen atoms in total. The van der Waals surface area contributed by atoms with Crippen molar-refractivity contribution in [2.45, 2.75) is 26.4 Å². The van der Waals surface area contributed by atoms with Gasteiger partial charge in [-0.25, -0.2) is 5.43 Å². The van der Waals surface area contributed by atoms with Gasteiger partial charge < -0.3 is 15.2 Å². The third-order valence-electron chi connectivity index (χ3n) is 2.54. The zero-order valence-corrected chi connectivity index (χ0v) is 12.7. The van der Waals surface area contributed by atoms with Crippen LogP contribution in [0.1, 0.15) is 25.8 Å². The highest BCUT2D eigenvalue weighted by molar-refractivity contribution is 6.35. The van der Waals surface area contributed by atoms with Gasteiger partial charge in [-0.1, -0.05) is 0 Å². The Balaban J connectivity index is 2.23. The molecule has 2 amide bonds. The molecule has 0 aromatic heterocycles. The van der Waals surface area contributed by atoms with Crippen LogP contribution in [0, 0.1) is 0 Å². The quantitative estimate of drug-likeness (QED) is 0.300. The number of hydrazone groups is 1. The number of aromatic hydroxyl groups is 1. The lowest BCUT2D eigenvalue weighted by Crippen LogP contribution is -2.38. The highest BCUT2D eigenvalue weighted by Crippen LogP contribution is 2.07. The van der Waals surface area contributed by atoms with Crippen molar-refractivity contribution in [1.82, 2.24) is 10.7 Å². The number of amides is 2. The second-order valence-corrected chi connectivity index (χ2v) is 4.82. The number of phenolic OH excluding ortho intramolecular Hbond substituents is 1. The maximum absolute atomic E-state index is 11.5. The first-order valence-corrected chi connectivity index (χ1v) is 7.01. The molecule has 0 aliphatic rings. The minimum Gasteiger partial charge on any atom is -0.508 e. The molecule has 1 aromatic rings. The number of nitrogens with zero attached hydrogens (tertiary/aromatic N) is 1. The van der Waals surface area contributed by atoms with Crippen LogP contribution in [0.5, 0.6) is 5.75 Å². The highest BCUT2D eigenvalue weighted by atomic mass is 16.5. The monoisotopic (exact) mass is 307 g/mol. The number of ether oxygens (including phenoxy) is 1. The van der Waals surface area contributed by atoms with Gasteiger partial charge in [0.15, 0.2) is 0 Å². The summed E-state index contributed by atoms with van der Waals surface area (Å²) >= 11 is 0. The van der Waals surface area contributed by atoms with E-state index in [1.807, 2.05) is 13.8 Å². The first-order chi connectivity index (χ1) is 10.5. The maximum Gasteiger partial charge on any atom is 0.329 e. The molecule has 22 heavy (non-hydrogen) atoms. The molecule has 1 rings (SSSR count). The average Bonchev–Trinajstić information content (AvgIpc) is 2.48. The summed E-state index contributed by atoms with van der Waals surface area (Å²) < 4.78 is 5.31. The molecule has 7 heteroatoms. The summed E-state index contributed by atoms with van der Waals surface area (Å²) in [6.45, 7) is 4.75. The summed E-state index contributed by atoms with van der Waals surface area (Å²) in [4.78, 5) is 22.9. The van der Waals surface area contributed by atoms with Crippen molar-refractivity contribution >= 4 is 18.0 Å². The molecule has 0 spiro atoms. The number of phenols is 1. The van der Waals surface area contributed by atoms with Crippen molar-refractivity contribution in [1.29, 1.82) is 0 Å². The van der Waals surface area contributed by atoms with Gasteiger partial charge in [-0.05, 0) is 50.1 Å². The Morgan fingerprint density at radius 1 is 1.27 bits per heavy atom. The molecule has 3 N–H and O–H groups in total. The van der Waals surface area contributed by atoms with E-state index < -0.39 is 11.8 Å². The van der Waals surface area contributed by atoms with Crippen LogP contribution in [-0.2, 0) is 14.3 Å². The molecule has 0 saturated heterocycles. The van der Waals surface area contributed by atoms with Gasteiger partial charge in [0.2, 0.25) is 0 Å². The second kappa shape index (κ2) is 9.51. The molecule has 0 radical (unpaired) electrons. The molecule has 1 aromatic carbocycles. The van der Waals surface area contributed by atoms with Crippen LogP contribution in [0.25, 0.3) is 0 Å². The number of benzene rings is 1. The largest absolute Gasteiger partial charge is 0.508 e. The molecule has 0 aliphatic carbocycles. The summed E-state index contributed by atoms with van der Waals surface area (Å²) in [5, 5.41) is 15.3. The van der Waals surface area contributed by atoms with Crippen molar-refractivity contribution in [3.8, 4) is 5.75 Å². The van der Waals surface area contributed by atoms with Crippen LogP contribution in [0.2, 0.25) is 0 Å². The Morgan fingerprint density at radius 3 is 2.59 bits per heavy atom. The van der Waals surface area contributed by atoms with E-state index in [2.05, 4.69) is 15.8 Å². The van der Waals surface area contributed by atoms with Gasteiger partial charge in [0.25, 0.3) is 0 Å². The summed E-state index contributed by atoms with van der Waals surface area (Å²) in [6.07, 6.45) is 2.16. The third kappa shape index (κ3) is 7.39. The predicted octanol–water partition coefficient (Wildman–Crippen LogP) is 0.774. The SMILES string of the molecule is CC(C)OCCCNC(=O)C(=O)N/N=C/c1ccc(O)cc1. The van der Waals surface area contributed by atoms with E-state index >= 15 is 0 Å². The fourth-order valence-electron chi connectivity index (χ4n) is 1.45. The van der Waals surface area contributed by atoms with Crippen molar-refractivity contribution in [3.05, 3.63) is 29.8 Å². The standard InChI is InChI=1S/C15H21N3O4/c1-11(2)22-9-3-8-16-14(20)15(21)18-17-10-12-4-6-13(19)7-5-12/h4-7,10-11,19H,3,8-9H2,1-2H3,(H,16,20)(H,18,21)/b17-10+. The molecule has 0 bridgehead atoms. The minimum atomic E-state index is -0.834. The van der Waals surface area contributed by atoms with Crippen molar-refractivity contribution in [2.24, 2.45) is 5.10 Å². The number of carbonyl (C=O) groups excluding carboxylic acids is 2. The molecule has 120 valence electrons. The minimum absolute atomic E-state index is 0.141. The Labute approximate surface area is 129 Å². The van der Waals surface area contributed by atoms with Crippen LogP contribution in [0.4, 0.5) is 0 Å². The molecule has 0 unspecified atom stereocenters. The lowest BCUT2D eigenvalue weighted by atomic mass is 10.2. The Bertz CT molecular complexity index is 512. The Morgan fingerprint density at radius 2 is 1.95 bits per heavy atom. The number of hydrogen-bond donors (Lipinski definition) is 3. The number of carbonyl (C=O) groups is 2. The van der Waals surface area contributed by atoms with Gasteiger partial charge in [-0.2, -0.15) is 5.10 Å². The highest BCUT2D eigenvalue weighted by Gasteiger charge is 2.11. The van der Waals surface area contributed by atoms with E-state index in [0.29, 0.717) is 25.1 Å². The Hall–Kier alpha value is -2.41. The lowest BCUT2D eigenvalue weighted by molar-refractivity contribution is -0.139. The normalized spacial score (nSPS) is 10.9. The summed E-state index contributed by atoms with van der Waals surface area (Å²) in [6, 6.07) is 6.24. The molecule has 0 atom stereocenters. The van der Waals surface area contributed by atoms with E-state index in [1.165, 1.54) is 18.3 Å². The van der Waals surface area contributed by atoms with Crippen molar-refractivity contribution in [3.63, 3.8) is 0 Å². The van der Waals surface area contributed by atoms with Gasteiger partial charge in [0.05, 0.1) is 12.3 Å². The smallest absolute Gasteiger partial charge is 0.329 e. The van der Waals surface area contributed by atoms with Crippen LogP contribution in [0.15, 0.2) is 29.4 Å². The topological polar surface area (TPSA) is 100 Å². The molecule has 0 aliphatic heterocycles. The number of rotatable bonds is 7. The van der Waals surface area contributed by atoms with Gasteiger partial charge in [0, 0.05) is 13.2 Å². The van der Waals surface area contributed by atoms with E-state index in [9.17, 15) is 9.59 Å². The predicted molar refractivity (Wildman–Crippen MR) is 82.6 cm³/mol. The van der Waals surface area contributed by atoms with Gasteiger partial charge >= 0.3 is 11.8 Å². The third-order valence-corrected chi connectivity index (χ3v) is 2.54. The molecular formula is C15H21N3O4. The van der Waals surface area contributed by atoms with Crippen LogP contribution in [-0.4, -0.2) is 42.4 Å². The molecular weight excluding hydrogens is 286 g/mol. The fourth-order valence-corrected chi connectivity index (χ4v) is 1.45. The second-order valence-electron chi connectivity index (χ2n) is 4.82. The van der Waals surface area contributed by atoms with E-state index in [1.54, 1.807) is 12.1 Å². The van der Waals surface area contributed by atoms with E-state index in [4.69, 9.17) is 9.84 Å². The van der Waals surface area contributed by atoms with Gasteiger partial charge in [-0.15, -0.1) is 0 Å². The van der Waals surface area contributed by atoms with Gasteiger partial charge in [0.1, 0.15) is 5.75 Å². The Kier molecular flexibility index (Phi) is 7.63. The molecule has 0 fully saturated rings. The summed E-state index contributed by atoms with van der Waals surface area (Å²) in [5.74, 6) is -1.44. The summed E-state index contributed by atoms with van der Waals surface area (Å²) in [5.41, 5.74) is 2.81. The van der Waals surface area contributed by atoms with Crippen molar-refractivity contribution in [2.75, 3.05) is 13.2 Å². The fraction of sp³-hybridized carbons (Fsp3) is 0.400. The van der Waals surface area contributed by atoms with E-state index in [0.717, 1.165) is 0 Å². The first-order valence-electron chi connectivity index (χ1n) is 7.01. The van der Waals surface area contributed by atoms with E-state index in [-0.39, 0.29) is 11.9 Å².